The molecule has 1 fully saturated rings. The molecule has 6 heteroatoms. The average Bonchev–Trinajstić information content (AvgIpc) is 2.40. The van der Waals surface area contributed by atoms with Gasteiger partial charge in [-0.1, -0.05) is 24.9 Å². The molecular formula is C15H22ClNO3S. The number of aliphatic hydroxyl groups excluding tert-OH is 1. The topological polar surface area (TPSA) is 66.4 Å². The lowest BCUT2D eigenvalue weighted by atomic mass is 9.67. The van der Waals surface area contributed by atoms with Gasteiger partial charge in [0.05, 0.1) is 11.5 Å². The van der Waals surface area contributed by atoms with E-state index in [1.165, 1.54) is 12.5 Å². The maximum atomic E-state index is 12.5. The minimum atomic E-state index is -3.61. The van der Waals surface area contributed by atoms with Crippen LogP contribution in [0.2, 0.25) is 5.02 Å². The summed E-state index contributed by atoms with van der Waals surface area (Å²) < 4.78 is 27.8. The Balaban J connectivity index is 2.25. The molecule has 0 atom stereocenters. The van der Waals surface area contributed by atoms with E-state index >= 15 is 0 Å². The van der Waals surface area contributed by atoms with Gasteiger partial charge in [0.1, 0.15) is 0 Å². The molecule has 1 aromatic rings. The van der Waals surface area contributed by atoms with Crippen LogP contribution in [0.4, 0.5) is 0 Å². The number of nitrogens with one attached hydrogen (secondary N) is 1. The molecule has 2 rings (SSSR count). The number of hydrogen-bond acceptors (Lipinski definition) is 3. The lowest BCUT2D eigenvalue weighted by molar-refractivity contribution is 0.133. The highest BCUT2D eigenvalue weighted by molar-refractivity contribution is 7.89. The molecule has 1 saturated carbocycles. The van der Waals surface area contributed by atoms with Crippen molar-refractivity contribution in [1.82, 2.24) is 4.72 Å². The van der Waals surface area contributed by atoms with E-state index in [1.807, 2.05) is 0 Å². The third kappa shape index (κ3) is 3.42. The summed E-state index contributed by atoms with van der Waals surface area (Å²) in [5.41, 5.74) is 1.20. The third-order valence-electron chi connectivity index (χ3n) is 4.69. The second-order valence-corrected chi connectivity index (χ2v) is 8.05. The van der Waals surface area contributed by atoms with Crippen LogP contribution in [0.3, 0.4) is 0 Å². The molecule has 2 N–H and O–H groups in total. The van der Waals surface area contributed by atoms with Crippen LogP contribution in [-0.4, -0.2) is 20.1 Å². The van der Waals surface area contributed by atoms with Gasteiger partial charge in [0.15, 0.2) is 0 Å². The molecule has 0 unspecified atom stereocenters. The van der Waals surface area contributed by atoms with Crippen molar-refractivity contribution in [3.8, 4) is 0 Å². The van der Waals surface area contributed by atoms with Gasteiger partial charge in [-0.25, -0.2) is 13.1 Å². The van der Waals surface area contributed by atoms with Crippen LogP contribution in [0.1, 0.15) is 43.7 Å². The number of benzene rings is 1. The summed E-state index contributed by atoms with van der Waals surface area (Å²) in [4.78, 5) is 0.157. The Labute approximate surface area is 131 Å². The summed E-state index contributed by atoms with van der Waals surface area (Å²) in [6.45, 7) is 4.03. The summed E-state index contributed by atoms with van der Waals surface area (Å²) in [6, 6.07) is 3.03. The number of hydrogen-bond donors (Lipinski definition) is 2. The minimum absolute atomic E-state index is 0.110. The summed E-state index contributed by atoms with van der Waals surface area (Å²) >= 11 is 5.96. The first-order valence-corrected chi connectivity index (χ1v) is 9.09. The van der Waals surface area contributed by atoms with E-state index in [-0.39, 0.29) is 16.9 Å². The predicted octanol–water partition coefficient (Wildman–Crippen LogP) is 3.00. The molecule has 0 spiro atoms. The van der Waals surface area contributed by atoms with Gasteiger partial charge >= 0.3 is 0 Å². The smallest absolute Gasteiger partial charge is 0.240 e. The lowest BCUT2D eigenvalue weighted by Gasteiger charge is -2.41. The highest BCUT2D eigenvalue weighted by Crippen LogP contribution is 2.43. The molecule has 4 nitrogen and oxygen atoms in total. The lowest BCUT2D eigenvalue weighted by Crippen LogP contribution is -2.41. The van der Waals surface area contributed by atoms with E-state index in [4.69, 9.17) is 11.6 Å². The van der Waals surface area contributed by atoms with Crippen LogP contribution in [0, 0.1) is 12.3 Å². The third-order valence-corrected chi connectivity index (χ3v) is 6.44. The Bertz CT molecular complexity index is 619. The standard InChI is InChI=1S/C15H22ClNO3S/c1-3-15(5-4-6-15)10-17-21(19,20)14-8-13(16)7-12(9-18)11(14)2/h7-8,17-18H,3-6,9-10H2,1-2H3. The number of aliphatic hydroxyl groups is 1. The Morgan fingerprint density at radius 2 is 2.05 bits per heavy atom. The quantitative estimate of drug-likeness (QED) is 0.842. The summed E-state index contributed by atoms with van der Waals surface area (Å²) in [7, 11) is -3.61. The zero-order chi connectivity index (χ0) is 15.7. The second-order valence-electron chi connectivity index (χ2n) is 5.88. The first-order valence-electron chi connectivity index (χ1n) is 7.23. The molecule has 1 aliphatic carbocycles. The molecular weight excluding hydrogens is 310 g/mol. The van der Waals surface area contributed by atoms with Crippen molar-refractivity contribution >= 4 is 21.6 Å². The zero-order valence-electron chi connectivity index (χ0n) is 12.4. The van der Waals surface area contributed by atoms with Gasteiger partial charge in [-0.15, -0.1) is 0 Å². The maximum absolute atomic E-state index is 12.5. The SMILES string of the molecule is CCC1(CNS(=O)(=O)c2cc(Cl)cc(CO)c2C)CCC1. The number of rotatable bonds is 6. The van der Waals surface area contributed by atoms with Gasteiger partial charge in [-0.05, 0) is 54.9 Å². The van der Waals surface area contributed by atoms with Crippen LogP contribution in [0.25, 0.3) is 0 Å². The fourth-order valence-corrected chi connectivity index (χ4v) is 4.58. The van der Waals surface area contributed by atoms with Crippen molar-refractivity contribution in [2.24, 2.45) is 5.41 Å². The molecule has 0 aromatic heterocycles. The van der Waals surface area contributed by atoms with Gasteiger partial charge in [-0.2, -0.15) is 0 Å². The van der Waals surface area contributed by atoms with Crippen LogP contribution in [0.15, 0.2) is 17.0 Å². The van der Waals surface area contributed by atoms with Gasteiger partial charge in [0.2, 0.25) is 10.0 Å². The highest BCUT2D eigenvalue weighted by Gasteiger charge is 2.36. The second kappa shape index (κ2) is 6.24. The maximum Gasteiger partial charge on any atom is 0.240 e. The van der Waals surface area contributed by atoms with Crippen molar-refractivity contribution in [2.75, 3.05) is 6.54 Å². The zero-order valence-corrected chi connectivity index (χ0v) is 14.0. The van der Waals surface area contributed by atoms with Crippen LogP contribution >= 0.6 is 11.6 Å². The summed E-state index contributed by atoms with van der Waals surface area (Å²) in [5, 5.41) is 9.62. The van der Waals surface area contributed by atoms with E-state index in [2.05, 4.69) is 11.6 Å². The molecule has 0 radical (unpaired) electrons. The predicted molar refractivity (Wildman–Crippen MR) is 83.9 cm³/mol. The molecule has 1 aromatic carbocycles. The Morgan fingerprint density at radius 3 is 2.52 bits per heavy atom. The molecule has 118 valence electrons. The van der Waals surface area contributed by atoms with Crippen molar-refractivity contribution in [1.29, 1.82) is 0 Å². The Morgan fingerprint density at radius 1 is 1.38 bits per heavy atom. The number of sulfonamides is 1. The van der Waals surface area contributed by atoms with Gasteiger partial charge in [0, 0.05) is 11.6 Å². The fourth-order valence-electron chi connectivity index (χ4n) is 2.81. The molecule has 0 aliphatic heterocycles. The summed E-state index contributed by atoms with van der Waals surface area (Å²) in [6.07, 6.45) is 4.29. The molecule has 21 heavy (non-hydrogen) atoms. The van der Waals surface area contributed by atoms with E-state index in [0.29, 0.717) is 22.7 Å². The number of halogens is 1. The molecule has 0 saturated heterocycles. The Hall–Kier alpha value is -0.620. The first-order chi connectivity index (χ1) is 9.83. The minimum Gasteiger partial charge on any atom is -0.392 e. The fraction of sp³-hybridized carbons (Fsp3) is 0.600. The van der Waals surface area contributed by atoms with E-state index in [1.54, 1.807) is 13.0 Å². The van der Waals surface area contributed by atoms with Crippen LogP contribution < -0.4 is 4.72 Å². The van der Waals surface area contributed by atoms with Crippen LogP contribution in [0.5, 0.6) is 0 Å². The van der Waals surface area contributed by atoms with Crippen molar-refractivity contribution in [3.63, 3.8) is 0 Å². The summed E-state index contributed by atoms with van der Waals surface area (Å²) in [5.74, 6) is 0. The van der Waals surface area contributed by atoms with E-state index in [9.17, 15) is 13.5 Å². The average molecular weight is 332 g/mol. The van der Waals surface area contributed by atoms with E-state index in [0.717, 1.165) is 19.3 Å². The van der Waals surface area contributed by atoms with Gasteiger partial charge < -0.3 is 5.11 Å². The van der Waals surface area contributed by atoms with Gasteiger partial charge in [0.25, 0.3) is 0 Å². The molecule has 1 aliphatic rings. The monoisotopic (exact) mass is 331 g/mol. The van der Waals surface area contributed by atoms with Crippen molar-refractivity contribution in [2.45, 2.75) is 51.0 Å². The molecule has 0 heterocycles. The van der Waals surface area contributed by atoms with E-state index < -0.39 is 10.0 Å². The molecule has 0 amide bonds. The van der Waals surface area contributed by atoms with Crippen LogP contribution in [-0.2, 0) is 16.6 Å². The highest BCUT2D eigenvalue weighted by atomic mass is 35.5. The normalized spacial score (nSPS) is 17.5. The Kier molecular flexibility index (Phi) is 4.98. The van der Waals surface area contributed by atoms with Crippen molar-refractivity contribution < 1.29 is 13.5 Å². The largest absolute Gasteiger partial charge is 0.392 e. The van der Waals surface area contributed by atoms with Gasteiger partial charge in [-0.3, -0.25) is 0 Å². The first kappa shape index (κ1) is 16.7. The molecule has 0 bridgehead atoms. The van der Waals surface area contributed by atoms with Crippen molar-refractivity contribution in [3.05, 3.63) is 28.3 Å².